The number of rotatable bonds is 3. The molecular formula is C15H29N3O. The molecule has 0 aromatic carbocycles. The van der Waals surface area contributed by atoms with E-state index >= 15 is 0 Å². The van der Waals surface area contributed by atoms with E-state index in [0.717, 1.165) is 32.0 Å². The Balaban J connectivity index is 1.72. The summed E-state index contributed by atoms with van der Waals surface area (Å²) in [5.41, 5.74) is 0. The number of nitrogens with zero attached hydrogens (tertiary/aromatic N) is 2. The van der Waals surface area contributed by atoms with Crippen LogP contribution in [0.25, 0.3) is 0 Å². The molecule has 0 saturated carbocycles. The van der Waals surface area contributed by atoms with E-state index in [-0.39, 0.29) is 11.8 Å². The number of carbonyl (C=O) groups is 1. The highest BCUT2D eigenvalue weighted by Crippen LogP contribution is 2.20. The summed E-state index contributed by atoms with van der Waals surface area (Å²) in [5, 5.41) is 3.17. The minimum absolute atomic E-state index is 0.104. The van der Waals surface area contributed by atoms with Crippen LogP contribution in [0.2, 0.25) is 0 Å². The van der Waals surface area contributed by atoms with Gasteiger partial charge in [-0.15, -0.1) is 0 Å². The minimum Gasteiger partial charge on any atom is -0.353 e. The normalized spacial score (nSPS) is 24.8. The maximum absolute atomic E-state index is 11.7. The minimum atomic E-state index is 0.104. The molecule has 2 aliphatic rings. The molecule has 0 radical (unpaired) electrons. The quantitative estimate of drug-likeness (QED) is 0.837. The van der Waals surface area contributed by atoms with E-state index in [2.05, 4.69) is 22.2 Å². The number of carbonyl (C=O) groups excluding carboxylic acids is 1. The molecule has 1 amide bonds. The molecule has 1 N–H and O–H groups in total. The van der Waals surface area contributed by atoms with Gasteiger partial charge in [0.1, 0.15) is 0 Å². The van der Waals surface area contributed by atoms with Crippen LogP contribution >= 0.6 is 0 Å². The zero-order chi connectivity index (χ0) is 13.8. The highest BCUT2D eigenvalue weighted by Gasteiger charge is 2.28. The van der Waals surface area contributed by atoms with Crippen molar-refractivity contribution in [1.82, 2.24) is 15.1 Å². The highest BCUT2D eigenvalue weighted by atomic mass is 16.1. The number of piperidine rings is 2. The van der Waals surface area contributed by atoms with Gasteiger partial charge < -0.3 is 15.1 Å². The highest BCUT2D eigenvalue weighted by molar-refractivity contribution is 5.78. The Morgan fingerprint density at radius 1 is 1.05 bits per heavy atom. The second kappa shape index (κ2) is 6.71. The molecule has 4 heteroatoms. The van der Waals surface area contributed by atoms with Crippen molar-refractivity contribution in [2.24, 2.45) is 5.92 Å². The molecule has 4 nitrogen and oxygen atoms in total. The van der Waals surface area contributed by atoms with E-state index in [9.17, 15) is 4.79 Å². The second-order valence-corrected chi connectivity index (χ2v) is 6.51. The van der Waals surface area contributed by atoms with Crippen molar-refractivity contribution < 1.29 is 4.79 Å². The molecule has 0 aromatic heterocycles. The Morgan fingerprint density at radius 2 is 1.63 bits per heavy atom. The molecular weight excluding hydrogens is 238 g/mol. The average Bonchev–Trinajstić information content (AvgIpc) is 2.40. The monoisotopic (exact) mass is 267 g/mol. The summed E-state index contributed by atoms with van der Waals surface area (Å²) in [5.74, 6) is 0.310. The summed E-state index contributed by atoms with van der Waals surface area (Å²) in [4.78, 5) is 16.8. The van der Waals surface area contributed by atoms with Gasteiger partial charge in [-0.25, -0.2) is 0 Å². The van der Waals surface area contributed by atoms with Crippen LogP contribution in [0.15, 0.2) is 0 Å². The molecule has 0 bridgehead atoms. The van der Waals surface area contributed by atoms with Gasteiger partial charge in [0.2, 0.25) is 5.91 Å². The first-order valence-corrected chi connectivity index (χ1v) is 7.79. The zero-order valence-electron chi connectivity index (χ0n) is 12.7. The van der Waals surface area contributed by atoms with Gasteiger partial charge in [-0.3, -0.25) is 4.79 Å². The lowest BCUT2D eigenvalue weighted by atomic mass is 9.97. The lowest BCUT2D eigenvalue weighted by molar-refractivity contribution is -0.125. The Kier molecular flexibility index (Phi) is 5.22. The Hall–Kier alpha value is -0.610. The smallest absolute Gasteiger partial charge is 0.222 e. The summed E-state index contributed by atoms with van der Waals surface area (Å²) < 4.78 is 0. The molecule has 19 heavy (non-hydrogen) atoms. The molecule has 2 saturated heterocycles. The Morgan fingerprint density at radius 3 is 2.16 bits per heavy atom. The average molecular weight is 267 g/mol. The topological polar surface area (TPSA) is 35.6 Å². The molecule has 0 unspecified atom stereocenters. The van der Waals surface area contributed by atoms with E-state index in [1.54, 1.807) is 0 Å². The van der Waals surface area contributed by atoms with Gasteiger partial charge in [0.05, 0.1) is 0 Å². The van der Waals surface area contributed by atoms with Crippen molar-refractivity contribution in [2.45, 2.75) is 51.6 Å². The van der Waals surface area contributed by atoms with E-state index in [1.807, 2.05) is 13.8 Å². The molecule has 0 aliphatic carbocycles. The fraction of sp³-hybridized carbons (Fsp3) is 0.933. The third-order valence-corrected chi connectivity index (χ3v) is 4.60. The van der Waals surface area contributed by atoms with Crippen molar-refractivity contribution in [1.29, 1.82) is 0 Å². The third kappa shape index (κ3) is 4.18. The first-order chi connectivity index (χ1) is 9.06. The van der Waals surface area contributed by atoms with Crippen LogP contribution in [-0.2, 0) is 4.79 Å². The van der Waals surface area contributed by atoms with Crippen molar-refractivity contribution in [2.75, 3.05) is 33.2 Å². The number of likely N-dealkylation sites (tertiary alicyclic amines) is 2. The summed E-state index contributed by atoms with van der Waals surface area (Å²) >= 11 is 0. The van der Waals surface area contributed by atoms with Crippen LogP contribution in [0.5, 0.6) is 0 Å². The van der Waals surface area contributed by atoms with E-state index in [1.165, 1.54) is 25.9 Å². The maximum Gasteiger partial charge on any atom is 0.222 e. The third-order valence-electron chi connectivity index (χ3n) is 4.60. The van der Waals surface area contributed by atoms with Crippen LogP contribution in [0, 0.1) is 5.92 Å². The molecule has 0 aromatic rings. The van der Waals surface area contributed by atoms with Crippen LogP contribution in [-0.4, -0.2) is 61.0 Å². The van der Waals surface area contributed by atoms with E-state index in [0.29, 0.717) is 6.04 Å². The summed E-state index contributed by atoms with van der Waals surface area (Å²) in [6, 6.07) is 1.18. The Labute approximate surface area is 117 Å². The van der Waals surface area contributed by atoms with Gasteiger partial charge in [-0.2, -0.15) is 0 Å². The summed E-state index contributed by atoms with van der Waals surface area (Å²) in [6.45, 7) is 8.68. The van der Waals surface area contributed by atoms with Gasteiger partial charge in [0, 0.05) is 31.1 Å². The van der Waals surface area contributed by atoms with Crippen molar-refractivity contribution in [3.05, 3.63) is 0 Å². The van der Waals surface area contributed by atoms with Gasteiger partial charge in [0.15, 0.2) is 0 Å². The predicted octanol–water partition coefficient (Wildman–Crippen LogP) is 1.32. The number of hydrogen-bond acceptors (Lipinski definition) is 3. The predicted molar refractivity (Wildman–Crippen MR) is 78.1 cm³/mol. The SMILES string of the molecule is CC(C)C(=O)NC1CCN(C2CCN(C)CC2)CC1. The van der Waals surface area contributed by atoms with E-state index in [4.69, 9.17) is 0 Å². The fourth-order valence-electron chi connectivity index (χ4n) is 3.14. The van der Waals surface area contributed by atoms with E-state index < -0.39 is 0 Å². The summed E-state index contributed by atoms with van der Waals surface area (Å²) in [6.07, 6.45) is 4.84. The maximum atomic E-state index is 11.7. The summed E-state index contributed by atoms with van der Waals surface area (Å²) in [7, 11) is 2.21. The standard InChI is InChI=1S/C15H29N3O/c1-12(2)15(19)16-13-4-10-18(11-5-13)14-6-8-17(3)9-7-14/h12-14H,4-11H2,1-3H3,(H,16,19). The van der Waals surface area contributed by atoms with Crippen LogP contribution < -0.4 is 5.32 Å². The van der Waals surface area contributed by atoms with Crippen molar-refractivity contribution in [3.8, 4) is 0 Å². The lowest BCUT2D eigenvalue weighted by Gasteiger charge is -2.41. The zero-order valence-corrected chi connectivity index (χ0v) is 12.7. The van der Waals surface area contributed by atoms with Crippen LogP contribution in [0.4, 0.5) is 0 Å². The van der Waals surface area contributed by atoms with Gasteiger partial charge in [-0.1, -0.05) is 13.8 Å². The molecule has 2 fully saturated rings. The second-order valence-electron chi connectivity index (χ2n) is 6.51. The molecule has 2 rings (SSSR count). The fourth-order valence-corrected chi connectivity index (χ4v) is 3.14. The molecule has 110 valence electrons. The van der Waals surface area contributed by atoms with Crippen molar-refractivity contribution in [3.63, 3.8) is 0 Å². The first-order valence-electron chi connectivity index (χ1n) is 7.79. The van der Waals surface area contributed by atoms with Crippen LogP contribution in [0.3, 0.4) is 0 Å². The van der Waals surface area contributed by atoms with Gasteiger partial charge in [-0.05, 0) is 45.8 Å². The van der Waals surface area contributed by atoms with Gasteiger partial charge >= 0.3 is 0 Å². The molecule has 0 spiro atoms. The molecule has 0 atom stereocenters. The van der Waals surface area contributed by atoms with Crippen LogP contribution in [0.1, 0.15) is 39.5 Å². The van der Waals surface area contributed by atoms with Gasteiger partial charge in [0.25, 0.3) is 0 Å². The number of hydrogen-bond donors (Lipinski definition) is 1. The lowest BCUT2D eigenvalue weighted by Crippen LogP contribution is -2.51. The molecule has 2 aliphatic heterocycles. The largest absolute Gasteiger partial charge is 0.353 e. The first kappa shape index (κ1) is 14.8. The number of amides is 1. The Bertz CT molecular complexity index is 290. The number of nitrogens with one attached hydrogen (secondary N) is 1. The van der Waals surface area contributed by atoms with Crippen molar-refractivity contribution >= 4 is 5.91 Å². The molecule has 2 heterocycles.